The number of amides is 2. The molecular weight excluding hydrogens is 360 g/mol. The highest BCUT2D eigenvalue weighted by molar-refractivity contribution is 6.05. The smallest absolute Gasteiger partial charge is 0.303 e. The summed E-state index contributed by atoms with van der Waals surface area (Å²) in [6, 6.07) is 13.9. The second-order valence-electron chi connectivity index (χ2n) is 6.52. The highest BCUT2D eigenvalue weighted by Crippen LogP contribution is 2.23. The maximum atomic E-state index is 12.5. The van der Waals surface area contributed by atoms with Crippen molar-refractivity contribution in [2.75, 3.05) is 23.4 Å². The quantitative estimate of drug-likeness (QED) is 0.683. The van der Waals surface area contributed by atoms with Crippen molar-refractivity contribution in [3.8, 4) is 5.75 Å². The van der Waals surface area contributed by atoms with Crippen LogP contribution in [-0.4, -0.2) is 36.0 Å². The molecule has 0 atom stereocenters. The Morgan fingerprint density at radius 2 is 1.93 bits per heavy atom. The first-order valence-corrected chi connectivity index (χ1v) is 9.19. The van der Waals surface area contributed by atoms with Crippen molar-refractivity contribution in [1.82, 2.24) is 0 Å². The Balaban J connectivity index is 1.57. The molecule has 2 N–H and O–H groups in total. The van der Waals surface area contributed by atoms with Crippen molar-refractivity contribution in [3.05, 3.63) is 54.1 Å². The molecule has 0 spiro atoms. The van der Waals surface area contributed by atoms with Gasteiger partial charge in [0, 0.05) is 36.3 Å². The van der Waals surface area contributed by atoms with Crippen LogP contribution in [0, 0.1) is 0 Å². The van der Waals surface area contributed by atoms with Gasteiger partial charge in [-0.25, -0.2) is 0 Å². The molecule has 0 unspecified atom stereocenters. The predicted octanol–water partition coefficient (Wildman–Crippen LogP) is 3.31. The van der Waals surface area contributed by atoms with Crippen LogP contribution in [0.25, 0.3) is 0 Å². The number of aliphatic carboxylic acids is 1. The Morgan fingerprint density at radius 1 is 1.14 bits per heavy atom. The molecule has 1 fully saturated rings. The molecule has 1 saturated heterocycles. The van der Waals surface area contributed by atoms with Crippen LogP contribution in [0.15, 0.2) is 48.5 Å². The van der Waals surface area contributed by atoms with E-state index in [9.17, 15) is 14.4 Å². The summed E-state index contributed by atoms with van der Waals surface area (Å²) in [6.45, 7) is 0.998. The number of rotatable bonds is 8. The number of carboxylic acid groups (broad SMARTS) is 1. The minimum Gasteiger partial charge on any atom is -0.494 e. The van der Waals surface area contributed by atoms with Crippen LogP contribution in [0.3, 0.4) is 0 Å². The molecule has 2 aromatic rings. The summed E-state index contributed by atoms with van der Waals surface area (Å²) >= 11 is 0. The Kier molecular flexibility index (Phi) is 6.26. The van der Waals surface area contributed by atoms with Gasteiger partial charge in [-0.1, -0.05) is 6.07 Å². The molecule has 28 heavy (non-hydrogen) atoms. The van der Waals surface area contributed by atoms with Crippen molar-refractivity contribution in [3.63, 3.8) is 0 Å². The lowest BCUT2D eigenvalue weighted by Crippen LogP contribution is -2.24. The van der Waals surface area contributed by atoms with Crippen LogP contribution in [0.2, 0.25) is 0 Å². The van der Waals surface area contributed by atoms with Crippen LogP contribution >= 0.6 is 0 Å². The Bertz CT molecular complexity index is 863. The summed E-state index contributed by atoms with van der Waals surface area (Å²) < 4.78 is 5.47. The summed E-state index contributed by atoms with van der Waals surface area (Å²) in [5.41, 5.74) is 1.83. The second-order valence-corrected chi connectivity index (χ2v) is 6.52. The van der Waals surface area contributed by atoms with E-state index in [-0.39, 0.29) is 18.2 Å². The van der Waals surface area contributed by atoms with E-state index in [1.807, 2.05) is 6.07 Å². The van der Waals surface area contributed by atoms with Gasteiger partial charge in [-0.3, -0.25) is 14.4 Å². The van der Waals surface area contributed by atoms with Crippen LogP contribution in [0.1, 0.15) is 36.0 Å². The molecule has 7 nitrogen and oxygen atoms in total. The lowest BCUT2D eigenvalue weighted by Gasteiger charge is -2.16. The van der Waals surface area contributed by atoms with E-state index in [0.29, 0.717) is 43.0 Å². The third-order valence-electron chi connectivity index (χ3n) is 4.41. The van der Waals surface area contributed by atoms with Gasteiger partial charge in [0.15, 0.2) is 0 Å². The molecule has 1 heterocycles. The molecular formula is C21H22N2O5. The van der Waals surface area contributed by atoms with Gasteiger partial charge in [0.1, 0.15) is 5.75 Å². The number of hydrogen-bond acceptors (Lipinski definition) is 4. The fraction of sp³-hybridized carbons (Fsp3) is 0.286. The molecule has 0 aromatic heterocycles. The minimum atomic E-state index is -0.847. The van der Waals surface area contributed by atoms with Gasteiger partial charge in [-0.15, -0.1) is 0 Å². The zero-order valence-electron chi connectivity index (χ0n) is 15.4. The van der Waals surface area contributed by atoms with Crippen molar-refractivity contribution >= 4 is 29.2 Å². The number of benzene rings is 2. The standard InChI is InChI=1S/C21H22N2O5/c24-19-6-2-12-23(19)17-5-1-4-15(14-17)21(27)22-16-8-10-18(11-9-16)28-13-3-7-20(25)26/h1,4-5,8-11,14H,2-3,6-7,12-13H2,(H,22,27)(H,25,26). The lowest BCUT2D eigenvalue weighted by atomic mass is 10.1. The highest BCUT2D eigenvalue weighted by atomic mass is 16.5. The fourth-order valence-electron chi connectivity index (χ4n) is 2.99. The summed E-state index contributed by atoms with van der Waals surface area (Å²) in [4.78, 5) is 36.6. The monoisotopic (exact) mass is 382 g/mol. The van der Waals surface area contributed by atoms with Crippen molar-refractivity contribution in [2.24, 2.45) is 0 Å². The van der Waals surface area contributed by atoms with Gasteiger partial charge >= 0.3 is 5.97 Å². The molecule has 1 aliphatic heterocycles. The SMILES string of the molecule is O=C(O)CCCOc1ccc(NC(=O)c2cccc(N3CCCC3=O)c2)cc1. The first-order chi connectivity index (χ1) is 13.5. The molecule has 1 aliphatic rings. The molecule has 0 saturated carbocycles. The zero-order valence-corrected chi connectivity index (χ0v) is 15.4. The maximum Gasteiger partial charge on any atom is 0.303 e. The second kappa shape index (κ2) is 9.03. The van der Waals surface area contributed by atoms with Crippen LogP contribution < -0.4 is 15.0 Å². The third kappa shape index (κ3) is 5.09. The van der Waals surface area contributed by atoms with E-state index in [0.717, 1.165) is 12.1 Å². The molecule has 0 radical (unpaired) electrons. The number of nitrogens with one attached hydrogen (secondary N) is 1. The molecule has 2 aromatic carbocycles. The number of carbonyl (C=O) groups is 3. The number of carbonyl (C=O) groups excluding carboxylic acids is 2. The van der Waals surface area contributed by atoms with Gasteiger partial charge in [0.25, 0.3) is 5.91 Å². The first-order valence-electron chi connectivity index (χ1n) is 9.19. The third-order valence-corrected chi connectivity index (χ3v) is 4.41. The average Bonchev–Trinajstić information content (AvgIpc) is 3.12. The van der Waals surface area contributed by atoms with Crippen LogP contribution in [0.4, 0.5) is 11.4 Å². The number of nitrogens with zero attached hydrogens (tertiary/aromatic N) is 1. The lowest BCUT2D eigenvalue weighted by molar-refractivity contribution is -0.137. The summed E-state index contributed by atoms with van der Waals surface area (Å²) in [7, 11) is 0. The van der Waals surface area contributed by atoms with Crippen LogP contribution in [-0.2, 0) is 9.59 Å². The van der Waals surface area contributed by atoms with Gasteiger partial charge in [0.05, 0.1) is 6.61 Å². The van der Waals surface area contributed by atoms with Gasteiger partial charge in [-0.05, 0) is 55.3 Å². The number of carboxylic acids is 1. The maximum absolute atomic E-state index is 12.5. The van der Waals surface area contributed by atoms with Crippen molar-refractivity contribution in [1.29, 1.82) is 0 Å². The van der Waals surface area contributed by atoms with E-state index in [4.69, 9.17) is 9.84 Å². The molecule has 146 valence electrons. The summed E-state index contributed by atoms with van der Waals surface area (Å²) in [6.07, 6.45) is 1.88. The molecule has 0 bridgehead atoms. The summed E-state index contributed by atoms with van der Waals surface area (Å²) in [5, 5.41) is 11.4. The Labute approximate surface area is 162 Å². The number of anilines is 2. The first kappa shape index (κ1) is 19.4. The zero-order chi connectivity index (χ0) is 19.9. The van der Waals surface area contributed by atoms with E-state index in [1.54, 1.807) is 47.4 Å². The molecule has 7 heteroatoms. The van der Waals surface area contributed by atoms with E-state index in [2.05, 4.69) is 5.32 Å². The predicted molar refractivity (Wildman–Crippen MR) is 105 cm³/mol. The van der Waals surface area contributed by atoms with Gasteiger partial charge in [-0.2, -0.15) is 0 Å². The van der Waals surface area contributed by atoms with Crippen LogP contribution in [0.5, 0.6) is 5.75 Å². The van der Waals surface area contributed by atoms with Gasteiger partial charge < -0.3 is 20.1 Å². The number of hydrogen-bond donors (Lipinski definition) is 2. The summed E-state index contributed by atoms with van der Waals surface area (Å²) in [5.74, 6) is -0.419. The van der Waals surface area contributed by atoms with E-state index >= 15 is 0 Å². The molecule has 3 rings (SSSR count). The topological polar surface area (TPSA) is 95.9 Å². The fourth-order valence-corrected chi connectivity index (χ4v) is 2.99. The molecule has 2 amide bonds. The molecule has 0 aliphatic carbocycles. The Hall–Kier alpha value is -3.35. The van der Waals surface area contributed by atoms with Crippen molar-refractivity contribution < 1.29 is 24.2 Å². The van der Waals surface area contributed by atoms with E-state index < -0.39 is 5.97 Å². The largest absolute Gasteiger partial charge is 0.494 e. The number of ether oxygens (including phenoxy) is 1. The van der Waals surface area contributed by atoms with E-state index in [1.165, 1.54) is 0 Å². The minimum absolute atomic E-state index is 0.0657. The average molecular weight is 382 g/mol. The van der Waals surface area contributed by atoms with Gasteiger partial charge in [0.2, 0.25) is 5.91 Å². The Morgan fingerprint density at radius 3 is 2.61 bits per heavy atom. The normalized spacial score (nSPS) is 13.4. The van der Waals surface area contributed by atoms with Crippen molar-refractivity contribution in [2.45, 2.75) is 25.7 Å². The highest BCUT2D eigenvalue weighted by Gasteiger charge is 2.22.